The van der Waals surface area contributed by atoms with E-state index in [1.54, 1.807) is 42.5 Å². The number of carbonyl (C=O) groups excluding carboxylic acids is 2. The number of ether oxygens (including phenoxy) is 2. The summed E-state index contributed by atoms with van der Waals surface area (Å²) in [5, 5.41) is 2.81. The Labute approximate surface area is 169 Å². The SMILES string of the molecule is COC(=O)c1ccc(C=CC(=O)Nc2cccc(OCc3ccccc3)c2)cc1. The normalized spacial score (nSPS) is 10.5. The van der Waals surface area contributed by atoms with E-state index in [0.29, 0.717) is 23.6 Å². The van der Waals surface area contributed by atoms with Crippen molar-refractivity contribution in [2.45, 2.75) is 6.61 Å². The minimum absolute atomic E-state index is 0.262. The monoisotopic (exact) mass is 387 g/mol. The second-order valence-electron chi connectivity index (χ2n) is 6.24. The van der Waals surface area contributed by atoms with E-state index in [0.717, 1.165) is 11.1 Å². The maximum absolute atomic E-state index is 12.2. The Hall–Kier alpha value is -3.86. The highest BCUT2D eigenvalue weighted by Crippen LogP contribution is 2.19. The molecule has 0 spiro atoms. The van der Waals surface area contributed by atoms with Crippen LogP contribution >= 0.6 is 0 Å². The Morgan fingerprint density at radius 3 is 2.41 bits per heavy atom. The van der Waals surface area contributed by atoms with E-state index in [1.165, 1.54) is 13.2 Å². The average molecular weight is 387 g/mol. The molecule has 146 valence electrons. The molecule has 0 saturated carbocycles. The molecule has 0 radical (unpaired) electrons. The van der Waals surface area contributed by atoms with E-state index in [9.17, 15) is 9.59 Å². The first-order chi connectivity index (χ1) is 14.1. The lowest BCUT2D eigenvalue weighted by Crippen LogP contribution is -2.07. The fraction of sp³-hybridized carbons (Fsp3) is 0.0833. The Morgan fingerprint density at radius 2 is 1.69 bits per heavy atom. The maximum atomic E-state index is 12.2. The molecule has 5 heteroatoms. The van der Waals surface area contributed by atoms with Crippen molar-refractivity contribution < 1.29 is 19.1 Å². The smallest absolute Gasteiger partial charge is 0.337 e. The van der Waals surface area contributed by atoms with Gasteiger partial charge in [0.1, 0.15) is 12.4 Å². The lowest BCUT2D eigenvalue weighted by molar-refractivity contribution is -0.111. The fourth-order valence-corrected chi connectivity index (χ4v) is 2.61. The first-order valence-electron chi connectivity index (χ1n) is 9.08. The van der Waals surface area contributed by atoms with Crippen molar-refractivity contribution in [2.75, 3.05) is 12.4 Å². The second-order valence-corrected chi connectivity index (χ2v) is 6.24. The van der Waals surface area contributed by atoms with Crippen LogP contribution in [0.15, 0.2) is 84.9 Å². The van der Waals surface area contributed by atoms with Gasteiger partial charge < -0.3 is 14.8 Å². The third kappa shape index (κ3) is 6.07. The number of carbonyl (C=O) groups is 2. The topological polar surface area (TPSA) is 64.6 Å². The molecule has 0 aliphatic rings. The van der Waals surface area contributed by atoms with Gasteiger partial charge in [0.05, 0.1) is 12.7 Å². The summed E-state index contributed by atoms with van der Waals surface area (Å²) in [7, 11) is 1.34. The number of anilines is 1. The molecular weight excluding hydrogens is 366 g/mol. The molecule has 5 nitrogen and oxygen atoms in total. The van der Waals surface area contributed by atoms with Crippen LogP contribution in [0, 0.1) is 0 Å². The Kier molecular flexibility index (Phi) is 6.79. The summed E-state index contributed by atoms with van der Waals surface area (Å²) in [6, 6.07) is 23.9. The average Bonchev–Trinajstić information content (AvgIpc) is 2.77. The van der Waals surface area contributed by atoms with Gasteiger partial charge in [0.25, 0.3) is 0 Å². The number of rotatable bonds is 7. The van der Waals surface area contributed by atoms with Gasteiger partial charge >= 0.3 is 5.97 Å². The number of hydrogen-bond donors (Lipinski definition) is 1. The molecule has 0 unspecified atom stereocenters. The second kappa shape index (κ2) is 9.90. The van der Waals surface area contributed by atoms with Crippen molar-refractivity contribution >= 4 is 23.6 Å². The highest BCUT2D eigenvalue weighted by atomic mass is 16.5. The number of methoxy groups -OCH3 is 1. The molecule has 1 amide bonds. The molecule has 0 atom stereocenters. The minimum atomic E-state index is -0.396. The van der Waals surface area contributed by atoms with E-state index in [2.05, 4.69) is 10.1 Å². The van der Waals surface area contributed by atoms with Gasteiger partial charge in [-0.2, -0.15) is 0 Å². The van der Waals surface area contributed by atoms with Crippen LogP contribution in [0.1, 0.15) is 21.5 Å². The predicted octanol–water partition coefficient (Wildman–Crippen LogP) is 4.70. The first kappa shape index (κ1) is 19.9. The van der Waals surface area contributed by atoms with E-state index >= 15 is 0 Å². The zero-order valence-electron chi connectivity index (χ0n) is 16.0. The third-order valence-corrected chi connectivity index (χ3v) is 4.11. The van der Waals surface area contributed by atoms with E-state index in [-0.39, 0.29) is 5.91 Å². The molecule has 0 aromatic heterocycles. The van der Waals surface area contributed by atoms with Crippen LogP contribution in [0.2, 0.25) is 0 Å². The zero-order valence-corrected chi connectivity index (χ0v) is 16.0. The molecule has 0 aliphatic heterocycles. The quantitative estimate of drug-likeness (QED) is 0.471. The van der Waals surface area contributed by atoms with E-state index in [1.807, 2.05) is 42.5 Å². The first-order valence-corrected chi connectivity index (χ1v) is 9.08. The van der Waals surface area contributed by atoms with Gasteiger partial charge in [-0.15, -0.1) is 0 Å². The van der Waals surface area contributed by atoms with Crippen LogP contribution < -0.4 is 10.1 Å². The summed E-state index contributed by atoms with van der Waals surface area (Å²) in [6.45, 7) is 0.458. The van der Waals surface area contributed by atoms with E-state index in [4.69, 9.17) is 4.74 Å². The van der Waals surface area contributed by atoms with Crippen LogP contribution in [-0.2, 0) is 16.1 Å². The summed E-state index contributed by atoms with van der Waals surface area (Å²) in [5.41, 5.74) is 2.98. The van der Waals surface area contributed by atoms with Crippen LogP contribution in [0.5, 0.6) is 5.75 Å². The van der Waals surface area contributed by atoms with Gasteiger partial charge in [0, 0.05) is 17.8 Å². The van der Waals surface area contributed by atoms with Crippen molar-refractivity contribution in [1.29, 1.82) is 0 Å². The zero-order chi connectivity index (χ0) is 20.5. The van der Waals surface area contributed by atoms with Crippen LogP contribution in [0.4, 0.5) is 5.69 Å². The predicted molar refractivity (Wildman–Crippen MR) is 113 cm³/mol. The van der Waals surface area contributed by atoms with Gasteiger partial charge in [-0.05, 0) is 41.5 Å². The number of esters is 1. The van der Waals surface area contributed by atoms with Gasteiger partial charge in [-0.1, -0.05) is 48.5 Å². The molecule has 1 N–H and O–H groups in total. The number of benzene rings is 3. The number of amides is 1. The molecule has 0 heterocycles. The van der Waals surface area contributed by atoms with Crippen LogP contribution in [0.25, 0.3) is 6.08 Å². The number of nitrogens with one attached hydrogen (secondary N) is 1. The number of hydrogen-bond acceptors (Lipinski definition) is 4. The van der Waals surface area contributed by atoms with Crippen LogP contribution in [0.3, 0.4) is 0 Å². The fourth-order valence-electron chi connectivity index (χ4n) is 2.61. The maximum Gasteiger partial charge on any atom is 0.337 e. The third-order valence-electron chi connectivity index (χ3n) is 4.11. The largest absolute Gasteiger partial charge is 0.489 e. The molecular formula is C24H21NO4. The van der Waals surface area contributed by atoms with Gasteiger partial charge in [0.15, 0.2) is 0 Å². The van der Waals surface area contributed by atoms with Crippen molar-refractivity contribution in [3.63, 3.8) is 0 Å². The van der Waals surface area contributed by atoms with Crippen molar-refractivity contribution in [2.24, 2.45) is 0 Å². The van der Waals surface area contributed by atoms with Gasteiger partial charge in [0.2, 0.25) is 5.91 Å². The highest BCUT2D eigenvalue weighted by molar-refractivity contribution is 6.02. The van der Waals surface area contributed by atoms with Crippen molar-refractivity contribution in [1.82, 2.24) is 0 Å². The molecule has 3 aromatic rings. The van der Waals surface area contributed by atoms with E-state index < -0.39 is 5.97 Å². The van der Waals surface area contributed by atoms with Crippen molar-refractivity contribution in [3.05, 3.63) is 102 Å². The molecule has 0 aliphatic carbocycles. The molecule has 0 bridgehead atoms. The molecule has 0 fully saturated rings. The summed E-state index contributed by atoms with van der Waals surface area (Å²) in [4.78, 5) is 23.6. The highest BCUT2D eigenvalue weighted by Gasteiger charge is 2.04. The van der Waals surface area contributed by atoms with Crippen LogP contribution in [-0.4, -0.2) is 19.0 Å². The molecule has 0 saturated heterocycles. The lowest BCUT2D eigenvalue weighted by Gasteiger charge is -2.08. The summed E-state index contributed by atoms with van der Waals surface area (Å²) in [6.07, 6.45) is 3.11. The minimum Gasteiger partial charge on any atom is -0.489 e. The lowest BCUT2D eigenvalue weighted by atomic mass is 10.1. The molecule has 29 heavy (non-hydrogen) atoms. The molecule has 3 aromatic carbocycles. The van der Waals surface area contributed by atoms with Gasteiger partial charge in [-0.25, -0.2) is 4.79 Å². The standard InChI is InChI=1S/C24H21NO4/c1-28-24(27)20-13-10-18(11-14-20)12-15-23(26)25-21-8-5-9-22(16-21)29-17-19-6-3-2-4-7-19/h2-16H,17H2,1H3,(H,25,26). The molecule has 3 rings (SSSR count). The Morgan fingerprint density at radius 1 is 0.931 bits per heavy atom. The summed E-state index contributed by atoms with van der Waals surface area (Å²) < 4.78 is 10.4. The summed E-state index contributed by atoms with van der Waals surface area (Å²) in [5.74, 6) is 0.0175. The van der Waals surface area contributed by atoms with Gasteiger partial charge in [-0.3, -0.25) is 4.79 Å². The summed E-state index contributed by atoms with van der Waals surface area (Å²) >= 11 is 0. The Balaban J connectivity index is 1.56. The Bertz CT molecular complexity index is 995. The van der Waals surface area contributed by atoms with Crippen molar-refractivity contribution in [3.8, 4) is 5.75 Å².